The second-order valence-corrected chi connectivity index (χ2v) is 4.32. The third kappa shape index (κ3) is 3.13. The van der Waals surface area contributed by atoms with Gasteiger partial charge in [0.05, 0.1) is 12.7 Å². The number of esters is 1. The Morgan fingerprint density at radius 1 is 1.11 bits per heavy atom. The van der Waals surface area contributed by atoms with Crippen molar-refractivity contribution in [2.45, 2.75) is 13.5 Å². The molecule has 0 fully saturated rings. The summed E-state index contributed by atoms with van der Waals surface area (Å²) < 4.78 is 4.79. The van der Waals surface area contributed by atoms with Crippen LogP contribution in [-0.4, -0.2) is 13.1 Å². The maximum absolute atomic E-state index is 11.7. The fourth-order valence-electron chi connectivity index (χ4n) is 1.95. The SMILES string of the molecule is COC(=O)c1ccccc1CNc1ccccc1C. The normalized spacial score (nSPS) is 10.0. The Bertz CT molecular complexity index is 578. The lowest BCUT2D eigenvalue weighted by Gasteiger charge is -2.11. The van der Waals surface area contributed by atoms with Crippen molar-refractivity contribution in [3.05, 3.63) is 65.2 Å². The monoisotopic (exact) mass is 255 g/mol. The summed E-state index contributed by atoms with van der Waals surface area (Å²) in [5.74, 6) is -0.304. The van der Waals surface area contributed by atoms with E-state index in [2.05, 4.69) is 18.3 Å². The van der Waals surface area contributed by atoms with Crippen LogP contribution in [0.2, 0.25) is 0 Å². The van der Waals surface area contributed by atoms with Gasteiger partial charge in [-0.15, -0.1) is 0 Å². The lowest BCUT2D eigenvalue weighted by atomic mass is 10.1. The molecule has 2 rings (SSSR count). The van der Waals surface area contributed by atoms with Crippen molar-refractivity contribution < 1.29 is 9.53 Å². The van der Waals surface area contributed by atoms with Gasteiger partial charge >= 0.3 is 5.97 Å². The second-order valence-electron chi connectivity index (χ2n) is 4.32. The number of anilines is 1. The number of benzene rings is 2. The van der Waals surface area contributed by atoms with Crippen LogP contribution < -0.4 is 5.32 Å². The maximum atomic E-state index is 11.7. The summed E-state index contributed by atoms with van der Waals surface area (Å²) in [6, 6.07) is 15.5. The predicted octanol–water partition coefficient (Wildman–Crippen LogP) is 3.39. The van der Waals surface area contributed by atoms with E-state index in [0.717, 1.165) is 11.3 Å². The van der Waals surface area contributed by atoms with E-state index >= 15 is 0 Å². The average molecular weight is 255 g/mol. The van der Waals surface area contributed by atoms with Gasteiger partial charge in [-0.25, -0.2) is 4.79 Å². The highest BCUT2D eigenvalue weighted by Crippen LogP contribution is 2.16. The molecule has 0 unspecified atom stereocenters. The number of aryl methyl sites for hydroxylation is 1. The summed E-state index contributed by atoms with van der Waals surface area (Å²) in [7, 11) is 1.40. The number of nitrogens with one attached hydrogen (secondary N) is 1. The maximum Gasteiger partial charge on any atom is 0.338 e. The molecule has 2 aromatic rings. The Hall–Kier alpha value is -2.29. The molecule has 3 nitrogen and oxygen atoms in total. The van der Waals surface area contributed by atoms with Crippen LogP contribution in [-0.2, 0) is 11.3 Å². The largest absolute Gasteiger partial charge is 0.465 e. The molecule has 2 aromatic carbocycles. The van der Waals surface area contributed by atoms with E-state index in [9.17, 15) is 4.79 Å². The molecule has 0 radical (unpaired) electrons. The topological polar surface area (TPSA) is 38.3 Å². The Morgan fingerprint density at radius 2 is 1.79 bits per heavy atom. The smallest absolute Gasteiger partial charge is 0.338 e. The number of ether oxygens (including phenoxy) is 1. The first-order chi connectivity index (χ1) is 9.22. The van der Waals surface area contributed by atoms with Gasteiger partial charge in [0.15, 0.2) is 0 Å². The zero-order chi connectivity index (χ0) is 13.7. The first-order valence-electron chi connectivity index (χ1n) is 6.18. The molecular formula is C16H17NO2. The summed E-state index contributed by atoms with van der Waals surface area (Å²) in [5, 5.41) is 3.34. The van der Waals surface area contributed by atoms with E-state index in [1.807, 2.05) is 36.4 Å². The van der Waals surface area contributed by atoms with Crippen LogP contribution in [0.25, 0.3) is 0 Å². The van der Waals surface area contributed by atoms with Crippen LogP contribution in [0, 0.1) is 6.92 Å². The molecule has 1 N–H and O–H groups in total. The first kappa shape index (κ1) is 13.1. The van der Waals surface area contributed by atoms with Gasteiger partial charge in [0.25, 0.3) is 0 Å². The van der Waals surface area contributed by atoms with Gasteiger partial charge in [0, 0.05) is 12.2 Å². The lowest BCUT2D eigenvalue weighted by Crippen LogP contribution is -2.09. The molecule has 0 saturated carbocycles. The number of rotatable bonds is 4. The van der Waals surface area contributed by atoms with Gasteiger partial charge in [-0.2, -0.15) is 0 Å². The van der Waals surface area contributed by atoms with Crippen molar-refractivity contribution >= 4 is 11.7 Å². The van der Waals surface area contributed by atoms with Gasteiger partial charge in [-0.1, -0.05) is 36.4 Å². The number of hydrogen-bond donors (Lipinski definition) is 1. The molecule has 98 valence electrons. The van der Waals surface area contributed by atoms with Crippen molar-refractivity contribution in [3.63, 3.8) is 0 Å². The molecule has 0 aliphatic heterocycles. The molecule has 0 atom stereocenters. The Morgan fingerprint density at radius 3 is 2.53 bits per heavy atom. The first-order valence-corrected chi connectivity index (χ1v) is 6.18. The van der Waals surface area contributed by atoms with E-state index in [1.165, 1.54) is 12.7 Å². The number of hydrogen-bond acceptors (Lipinski definition) is 3. The molecule has 0 spiro atoms. The third-order valence-corrected chi connectivity index (χ3v) is 3.04. The minimum Gasteiger partial charge on any atom is -0.465 e. The highest BCUT2D eigenvalue weighted by molar-refractivity contribution is 5.91. The summed E-state index contributed by atoms with van der Waals surface area (Å²) in [6.07, 6.45) is 0. The van der Waals surface area contributed by atoms with Crippen LogP contribution >= 0.6 is 0 Å². The quantitative estimate of drug-likeness (QED) is 0.851. The molecule has 19 heavy (non-hydrogen) atoms. The molecule has 0 bridgehead atoms. The molecule has 3 heteroatoms. The summed E-state index contributed by atoms with van der Waals surface area (Å²) in [6.45, 7) is 2.64. The Kier molecular flexibility index (Phi) is 4.18. The predicted molar refractivity (Wildman–Crippen MR) is 76.3 cm³/mol. The number of carbonyl (C=O) groups is 1. The fraction of sp³-hybridized carbons (Fsp3) is 0.188. The second kappa shape index (κ2) is 6.05. The summed E-state index contributed by atoms with van der Waals surface area (Å²) in [5.41, 5.74) is 3.78. The fourth-order valence-corrected chi connectivity index (χ4v) is 1.95. The van der Waals surface area contributed by atoms with Crippen LogP contribution in [0.15, 0.2) is 48.5 Å². The van der Waals surface area contributed by atoms with Crippen LogP contribution in [0.3, 0.4) is 0 Å². The highest BCUT2D eigenvalue weighted by Gasteiger charge is 2.10. The van der Waals surface area contributed by atoms with Gasteiger partial charge in [-0.3, -0.25) is 0 Å². The molecule has 0 aromatic heterocycles. The van der Waals surface area contributed by atoms with Crippen molar-refractivity contribution in [2.24, 2.45) is 0 Å². The van der Waals surface area contributed by atoms with E-state index in [1.54, 1.807) is 6.07 Å². The van der Waals surface area contributed by atoms with Crippen LogP contribution in [0.4, 0.5) is 5.69 Å². The minimum atomic E-state index is -0.304. The summed E-state index contributed by atoms with van der Waals surface area (Å²) >= 11 is 0. The number of methoxy groups -OCH3 is 1. The van der Waals surface area contributed by atoms with Crippen molar-refractivity contribution in [3.8, 4) is 0 Å². The zero-order valence-corrected chi connectivity index (χ0v) is 11.1. The van der Waals surface area contributed by atoms with Crippen LogP contribution in [0.1, 0.15) is 21.5 Å². The van der Waals surface area contributed by atoms with Crippen molar-refractivity contribution in [2.75, 3.05) is 12.4 Å². The van der Waals surface area contributed by atoms with Gasteiger partial charge in [-0.05, 0) is 30.2 Å². The van der Waals surface area contributed by atoms with Crippen molar-refractivity contribution in [1.82, 2.24) is 0 Å². The Balaban J connectivity index is 2.16. The zero-order valence-electron chi connectivity index (χ0n) is 11.1. The number of carbonyl (C=O) groups excluding carboxylic acids is 1. The van der Waals surface area contributed by atoms with Crippen molar-refractivity contribution in [1.29, 1.82) is 0 Å². The van der Waals surface area contributed by atoms with Gasteiger partial charge in [0.2, 0.25) is 0 Å². The van der Waals surface area contributed by atoms with Gasteiger partial charge < -0.3 is 10.1 Å². The number of para-hydroxylation sites is 1. The molecule has 0 aliphatic carbocycles. The Labute approximate surface area is 113 Å². The van der Waals surface area contributed by atoms with Gasteiger partial charge in [0.1, 0.15) is 0 Å². The molecule has 0 amide bonds. The average Bonchev–Trinajstić information content (AvgIpc) is 2.46. The lowest BCUT2D eigenvalue weighted by molar-refractivity contribution is 0.0599. The van der Waals surface area contributed by atoms with Crippen LogP contribution in [0.5, 0.6) is 0 Å². The van der Waals surface area contributed by atoms with E-state index in [0.29, 0.717) is 12.1 Å². The molecule has 0 aliphatic rings. The summed E-state index contributed by atoms with van der Waals surface area (Å²) in [4.78, 5) is 11.7. The van der Waals surface area contributed by atoms with E-state index in [-0.39, 0.29) is 5.97 Å². The highest BCUT2D eigenvalue weighted by atomic mass is 16.5. The molecule has 0 heterocycles. The third-order valence-electron chi connectivity index (χ3n) is 3.04. The minimum absolute atomic E-state index is 0.304. The molecular weight excluding hydrogens is 238 g/mol. The standard InChI is InChI=1S/C16H17NO2/c1-12-7-3-6-10-15(12)17-11-13-8-4-5-9-14(13)16(18)19-2/h3-10,17H,11H2,1-2H3. The molecule has 0 saturated heterocycles. The van der Waals surface area contributed by atoms with E-state index in [4.69, 9.17) is 4.74 Å². The van der Waals surface area contributed by atoms with E-state index < -0.39 is 0 Å².